The minimum atomic E-state index is -3.56. The molecule has 1 amide bonds. The first-order valence-electron chi connectivity index (χ1n) is 6.71. The Morgan fingerprint density at radius 1 is 1.45 bits per heavy atom. The number of nitrogens with zero attached hydrogens (tertiary/aromatic N) is 1. The number of hydrogen-bond donors (Lipinski definition) is 1. The Morgan fingerprint density at radius 2 is 2.15 bits per heavy atom. The summed E-state index contributed by atoms with van der Waals surface area (Å²) in [6, 6.07) is 2.84. The van der Waals surface area contributed by atoms with E-state index in [1.165, 1.54) is 15.6 Å². The summed E-state index contributed by atoms with van der Waals surface area (Å²) in [5, 5.41) is 2.80. The topological polar surface area (TPSA) is 66.5 Å². The molecule has 1 aromatic rings. The predicted molar refractivity (Wildman–Crippen MR) is 79.2 cm³/mol. The molecule has 0 spiro atoms. The van der Waals surface area contributed by atoms with Crippen molar-refractivity contribution in [1.82, 2.24) is 9.62 Å². The van der Waals surface area contributed by atoms with E-state index in [1.54, 1.807) is 12.1 Å². The lowest BCUT2D eigenvalue weighted by Crippen LogP contribution is -2.47. The number of aryl methyl sites for hydroxylation is 1. The summed E-state index contributed by atoms with van der Waals surface area (Å²) in [7, 11) is -3.56. The molecule has 1 saturated heterocycles. The monoisotopic (exact) mass is 316 g/mol. The number of hydrogen-bond acceptors (Lipinski definition) is 4. The van der Waals surface area contributed by atoms with Crippen LogP contribution >= 0.6 is 11.3 Å². The third kappa shape index (κ3) is 3.05. The van der Waals surface area contributed by atoms with Crippen LogP contribution in [0.4, 0.5) is 0 Å². The van der Waals surface area contributed by atoms with Crippen LogP contribution in [-0.2, 0) is 14.8 Å². The second-order valence-corrected chi connectivity index (χ2v) is 8.71. The lowest BCUT2D eigenvalue weighted by Gasteiger charge is -2.23. The van der Waals surface area contributed by atoms with Crippen molar-refractivity contribution >= 4 is 27.3 Å². The van der Waals surface area contributed by atoms with E-state index in [-0.39, 0.29) is 11.9 Å². The lowest BCUT2D eigenvalue weighted by molar-refractivity contribution is -0.124. The second-order valence-electron chi connectivity index (χ2n) is 5.30. The van der Waals surface area contributed by atoms with Gasteiger partial charge < -0.3 is 5.32 Å². The van der Waals surface area contributed by atoms with Crippen LogP contribution in [0.3, 0.4) is 0 Å². The Labute approximate surface area is 124 Å². The van der Waals surface area contributed by atoms with E-state index in [0.717, 1.165) is 11.3 Å². The largest absolute Gasteiger partial charge is 0.353 e. The number of thiophene rings is 1. The fourth-order valence-electron chi connectivity index (χ4n) is 2.34. The maximum atomic E-state index is 12.6. The summed E-state index contributed by atoms with van der Waals surface area (Å²) in [6.07, 6.45) is 1.31. The average molecular weight is 316 g/mol. The Hall–Kier alpha value is -0.920. The zero-order valence-electron chi connectivity index (χ0n) is 11.9. The van der Waals surface area contributed by atoms with E-state index in [0.29, 0.717) is 17.2 Å². The summed E-state index contributed by atoms with van der Waals surface area (Å²) in [6.45, 7) is 6.02. The Morgan fingerprint density at radius 3 is 2.70 bits per heavy atom. The van der Waals surface area contributed by atoms with Crippen molar-refractivity contribution in [2.75, 3.05) is 6.54 Å². The highest BCUT2D eigenvalue weighted by Crippen LogP contribution is 2.30. The molecule has 1 unspecified atom stereocenters. The number of carbonyl (C=O) groups excluding carboxylic acids is 1. The van der Waals surface area contributed by atoms with Crippen LogP contribution in [0, 0.1) is 6.92 Å². The molecule has 7 heteroatoms. The van der Waals surface area contributed by atoms with E-state index < -0.39 is 16.1 Å². The van der Waals surface area contributed by atoms with Gasteiger partial charge >= 0.3 is 0 Å². The van der Waals surface area contributed by atoms with Crippen molar-refractivity contribution in [2.45, 2.75) is 49.9 Å². The normalized spacial score (nSPS) is 20.5. The van der Waals surface area contributed by atoms with Crippen molar-refractivity contribution in [2.24, 2.45) is 0 Å². The third-order valence-electron chi connectivity index (χ3n) is 3.22. The Balaban J connectivity index is 2.24. The highest BCUT2D eigenvalue weighted by atomic mass is 32.2. The standard InChI is InChI=1S/C13H20N2O3S2/c1-9(2)14-13(16)11-5-4-8-15(11)20(17,18)12-7-6-10(3)19-12/h6-7,9,11H,4-5,8H2,1-3H3,(H,14,16). The molecule has 1 aliphatic heterocycles. The molecular weight excluding hydrogens is 296 g/mol. The maximum Gasteiger partial charge on any atom is 0.253 e. The van der Waals surface area contributed by atoms with Gasteiger partial charge in [0.2, 0.25) is 5.91 Å². The number of nitrogens with one attached hydrogen (secondary N) is 1. The van der Waals surface area contributed by atoms with E-state index in [9.17, 15) is 13.2 Å². The molecule has 112 valence electrons. The molecule has 5 nitrogen and oxygen atoms in total. The van der Waals surface area contributed by atoms with Gasteiger partial charge in [-0.3, -0.25) is 4.79 Å². The van der Waals surface area contributed by atoms with Crippen LogP contribution in [-0.4, -0.2) is 37.3 Å². The second kappa shape index (κ2) is 5.83. The molecular formula is C13H20N2O3S2. The summed E-state index contributed by atoms with van der Waals surface area (Å²) in [4.78, 5) is 13.1. The Bertz CT molecular complexity index is 593. The van der Waals surface area contributed by atoms with Gasteiger partial charge in [-0.15, -0.1) is 11.3 Å². The summed E-state index contributed by atoms with van der Waals surface area (Å²) >= 11 is 1.25. The zero-order chi connectivity index (χ0) is 14.9. The van der Waals surface area contributed by atoms with Crippen molar-refractivity contribution in [3.05, 3.63) is 17.0 Å². The highest BCUT2D eigenvalue weighted by molar-refractivity contribution is 7.91. The van der Waals surface area contributed by atoms with Crippen LogP contribution in [0.2, 0.25) is 0 Å². The van der Waals surface area contributed by atoms with Gasteiger partial charge in [-0.05, 0) is 45.7 Å². The van der Waals surface area contributed by atoms with Crippen LogP contribution < -0.4 is 5.32 Å². The zero-order valence-corrected chi connectivity index (χ0v) is 13.6. The van der Waals surface area contributed by atoms with Crippen molar-refractivity contribution in [3.8, 4) is 0 Å². The fraction of sp³-hybridized carbons (Fsp3) is 0.615. The molecule has 1 aliphatic rings. The van der Waals surface area contributed by atoms with Gasteiger partial charge in [0.1, 0.15) is 10.3 Å². The quantitative estimate of drug-likeness (QED) is 0.920. The fourth-order valence-corrected chi connectivity index (χ4v) is 5.41. The van der Waals surface area contributed by atoms with Gasteiger partial charge in [-0.2, -0.15) is 4.31 Å². The summed E-state index contributed by atoms with van der Waals surface area (Å²) in [5.74, 6) is -0.200. The molecule has 2 rings (SSSR count). The minimum absolute atomic E-state index is 0.0108. The van der Waals surface area contributed by atoms with Crippen LogP contribution in [0.15, 0.2) is 16.3 Å². The first-order chi connectivity index (χ1) is 9.32. The highest BCUT2D eigenvalue weighted by Gasteiger charge is 2.40. The van der Waals surface area contributed by atoms with E-state index in [1.807, 2.05) is 20.8 Å². The van der Waals surface area contributed by atoms with E-state index in [4.69, 9.17) is 0 Å². The van der Waals surface area contributed by atoms with Crippen molar-refractivity contribution in [1.29, 1.82) is 0 Å². The molecule has 0 aliphatic carbocycles. The van der Waals surface area contributed by atoms with Crippen LogP contribution in [0.5, 0.6) is 0 Å². The van der Waals surface area contributed by atoms with Gasteiger partial charge in [-0.25, -0.2) is 8.42 Å². The van der Waals surface area contributed by atoms with Crippen LogP contribution in [0.1, 0.15) is 31.6 Å². The van der Waals surface area contributed by atoms with Gasteiger partial charge in [0.05, 0.1) is 0 Å². The molecule has 2 heterocycles. The number of amides is 1. The van der Waals surface area contributed by atoms with Gasteiger partial charge in [0.25, 0.3) is 10.0 Å². The lowest BCUT2D eigenvalue weighted by atomic mass is 10.2. The molecule has 1 atom stereocenters. The van der Waals surface area contributed by atoms with Crippen molar-refractivity contribution < 1.29 is 13.2 Å². The SMILES string of the molecule is Cc1ccc(S(=O)(=O)N2CCCC2C(=O)NC(C)C)s1. The molecule has 0 radical (unpaired) electrons. The molecule has 0 bridgehead atoms. The number of sulfonamides is 1. The smallest absolute Gasteiger partial charge is 0.253 e. The molecule has 1 aromatic heterocycles. The average Bonchev–Trinajstić information content (AvgIpc) is 2.96. The van der Waals surface area contributed by atoms with Gasteiger partial charge in [0, 0.05) is 17.5 Å². The van der Waals surface area contributed by atoms with Crippen LogP contribution in [0.25, 0.3) is 0 Å². The van der Waals surface area contributed by atoms with E-state index in [2.05, 4.69) is 5.32 Å². The predicted octanol–water partition coefficient (Wildman–Crippen LogP) is 1.73. The molecule has 1 N–H and O–H groups in total. The summed E-state index contributed by atoms with van der Waals surface area (Å²) in [5.41, 5.74) is 0. The van der Waals surface area contributed by atoms with E-state index >= 15 is 0 Å². The van der Waals surface area contributed by atoms with Gasteiger partial charge in [0.15, 0.2) is 0 Å². The first kappa shape index (κ1) is 15.5. The first-order valence-corrected chi connectivity index (χ1v) is 8.96. The number of carbonyl (C=O) groups is 1. The molecule has 20 heavy (non-hydrogen) atoms. The Kier molecular flexibility index (Phi) is 4.51. The maximum absolute atomic E-state index is 12.6. The minimum Gasteiger partial charge on any atom is -0.353 e. The third-order valence-corrected chi connectivity index (χ3v) is 6.59. The molecule has 1 fully saturated rings. The van der Waals surface area contributed by atoms with Gasteiger partial charge in [-0.1, -0.05) is 0 Å². The molecule has 0 saturated carbocycles. The number of rotatable bonds is 4. The van der Waals surface area contributed by atoms with Crippen molar-refractivity contribution in [3.63, 3.8) is 0 Å². The summed E-state index contributed by atoms with van der Waals surface area (Å²) < 4.78 is 26.9. The molecule has 0 aromatic carbocycles.